The summed E-state index contributed by atoms with van der Waals surface area (Å²) < 4.78 is 0. The molecule has 0 spiro atoms. The van der Waals surface area contributed by atoms with Crippen molar-refractivity contribution >= 4 is 20.3 Å². The van der Waals surface area contributed by atoms with Crippen molar-refractivity contribution in [2.75, 3.05) is 0 Å². The van der Waals surface area contributed by atoms with Gasteiger partial charge in [-0.15, -0.1) is 36.1 Å². The molecule has 0 aliphatic heterocycles. The van der Waals surface area contributed by atoms with E-state index in [9.17, 15) is 0 Å². The predicted molar refractivity (Wildman–Crippen MR) is 78.6 cm³/mol. The maximum Gasteiger partial charge on any atom is 4.00 e. The Bertz CT molecular complexity index is 438. The summed E-state index contributed by atoms with van der Waals surface area (Å²) >= 11 is 0. The molecule has 2 aromatic carbocycles. The molecule has 0 nitrogen and oxygen atoms in total. The Morgan fingerprint density at radius 3 is 2.20 bits per heavy atom. The van der Waals surface area contributed by atoms with Crippen LogP contribution in [0.2, 0.25) is 13.1 Å². The average molecular weight is 489 g/mol. The van der Waals surface area contributed by atoms with Crippen LogP contribution in [-0.4, -0.2) is 9.52 Å². The van der Waals surface area contributed by atoms with E-state index < -0.39 is 0 Å². The first-order valence-electron chi connectivity index (χ1n) is 5.79. The zero-order valence-corrected chi connectivity index (χ0v) is 18.4. The van der Waals surface area contributed by atoms with Crippen molar-refractivity contribution in [1.29, 1.82) is 0 Å². The van der Waals surface area contributed by atoms with Gasteiger partial charge in [-0.2, -0.15) is 23.6 Å². The Balaban J connectivity index is -0.000000231. The van der Waals surface area contributed by atoms with Crippen molar-refractivity contribution < 1.29 is 60.2 Å². The Morgan fingerprint density at radius 2 is 1.75 bits per heavy atom. The van der Waals surface area contributed by atoms with Crippen LogP contribution < -0.4 is 34.0 Å². The molecule has 0 saturated heterocycles. The quantitative estimate of drug-likeness (QED) is 0.318. The van der Waals surface area contributed by atoms with Gasteiger partial charge in [0, 0.05) is 9.52 Å². The third-order valence-corrected chi connectivity index (χ3v) is 2.13. The summed E-state index contributed by atoms with van der Waals surface area (Å²) in [6, 6.07) is 14.7. The molecule has 3 rings (SSSR count). The zero-order chi connectivity index (χ0) is 12.3. The Morgan fingerprint density at radius 1 is 1.10 bits per heavy atom. The standard InChI is InChI=1S/C9H7.C5H5.C2H6Si.2BrH.Zr/c1-2-5-9-7-3-6-8(9)4-1;1-2-4-5-3-1;1-3-2;;;/h1-7H;1-3H,4H2;1-2H3;2*1H;/q2*-1;;;;+4/p-2. The van der Waals surface area contributed by atoms with Crippen LogP contribution in [0.1, 0.15) is 6.42 Å². The minimum atomic E-state index is 0. The van der Waals surface area contributed by atoms with Crippen LogP contribution in [-0.2, 0) is 26.2 Å². The summed E-state index contributed by atoms with van der Waals surface area (Å²) in [6.45, 7) is 4.31. The number of rotatable bonds is 0. The first-order chi connectivity index (χ1) is 8.38. The molecule has 2 aromatic rings. The monoisotopic (exact) mass is 486 g/mol. The molecule has 0 bridgehead atoms. The largest absolute Gasteiger partial charge is 4.00 e. The van der Waals surface area contributed by atoms with Crippen molar-refractivity contribution in [3.8, 4) is 0 Å². The molecule has 0 N–H and O–H groups in total. The van der Waals surface area contributed by atoms with Crippen LogP contribution >= 0.6 is 0 Å². The van der Waals surface area contributed by atoms with Crippen LogP contribution in [0.25, 0.3) is 10.8 Å². The maximum atomic E-state index is 2.99. The molecular weight excluding hydrogens is 471 g/mol. The fourth-order valence-corrected chi connectivity index (χ4v) is 1.41. The number of benzene rings is 1. The second kappa shape index (κ2) is 17.4. The molecule has 20 heavy (non-hydrogen) atoms. The van der Waals surface area contributed by atoms with E-state index in [1.54, 1.807) is 0 Å². The van der Waals surface area contributed by atoms with Crippen molar-refractivity contribution in [1.82, 2.24) is 0 Å². The molecule has 1 aliphatic rings. The molecule has 0 amide bonds. The van der Waals surface area contributed by atoms with Crippen molar-refractivity contribution in [3.05, 3.63) is 66.8 Å². The first kappa shape index (κ1) is 25.3. The molecule has 0 aromatic heterocycles. The van der Waals surface area contributed by atoms with Gasteiger partial charge in [0.05, 0.1) is 0 Å². The maximum absolute atomic E-state index is 2.99. The van der Waals surface area contributed by atoms with E-state index in [0.717, 1.165) is 15.9 Å². The third kappa shape index (κ3) is 11.1. The normalized spacial score (nSPS) is 9.90. The van der Waals surface area contributed by atoms with Crippen molar-refractivity contribution in [2.24, 2.45) is 0 Å². The number of halogens is 2. The molecule has 0 saturated carbocycles. The van der Waals surface area contributed by atoms with Gasteiger partial charge in [-0.3, -0.25) is 6.08 Å². The van der Waals surface area contributed by atoms with E-state index in [2.05, 4.69) is 67.7 Å². The smallest absolute Gasteiger partial charge is 1.00 e. The van der Waals surface area contributed by atoms with Gasteiger partial charge in [-0.05, 0) is 0 Å². The summed E-state index contributed by atoms with van der Waals surface area (Å²) in [5, 5.41) is 2.66. The molecule has 1 aliphatic carbocycles. The second-order valence-corrected chi connectivity index (χ2v) is 4.66. The van der Waals surface area contributed by atoms with E-state index >= 15 is 0 Å². The average Bonchev–Trinajstić information content (AvgIpc) is 3.05. The van der Waals surface area contributed by atoms with E-state index in [1.807, 2.05) is 12.2 Å². The van der Waals surface area contributed by atoms with Crippen LogP contribution in [0.3, 0.4) is 0 Å². The Hall–Kier alpha value is 0.370. The SMILES string of the molecule is C[Si]C.[Br-].[Br-].[C-]1=CC=CC1.[Zr+4].c1ccc2[cH-]ccc2c1. The van der Waals surface area contributed by atoms with Crippen LogP contribution in [0.5, 0.6) is 0 Å². The fraction of sp³-hybridized carbons (Fsp3) is 0.188. The number of allylic oxidation sites excluding steroid dienone is 4. The van der Waals surface area contributed by atoms with Gasteiger partial charge in [-0.25, -0.2) is 12.2 Å². The molecule has 0 atom stereocenters. The minimum absolute atomic E-state index is 0. The van der Waals surface area contributed by atoms with E-state index in [1.165, 1.54) is 10.8 Å². The number of hydrogen-bond donors (Lipinski definition) is 0. The summed E-state index contributed by atoms with van der Waals surface area (Å²) in [4.78, 5) is 0. The van der Waals surface area contributed by atoms with Crippen LogP contribution in [0, 0.1) is 6.08 Å². The van der Waals surface area contributed by atoms with Crippen molar-refractivity contribution in [2.45, 2.75) is 19.5 Å². The van der Waals surface area contributed by atoms with Gasteiger partial charge >= 0.3 is 26.2 Å². The van der Waals surface area contributed by atoms with Gasteiger partial charge in [0.15, 0.2) is 0 Å². The summed E-state index contributed by atoms with van der Waals surface area (Å²) in [5.41, 5.74) is 0. The Labute approximate surface area is 165 Å². The minimum Gasteiger partial charge on any atom is -1.00 e. The van der Waals surface area contributed by atoms with Gasteiger partial charge in [0.2, 0.25) is 0 Å². The van der Waals surface area contributed by atoms with Gasteiger partial charge in [0.1, 0.15) is 0 Å². The van der Waals surface area contributed by atoms with E-state index in [4.69, 9.17) is 0 Å². The van der Waals surface area contributed by atoms with Crippen molar-refractivity contribution in [3.63, 3.8) is 0 Å². The fourth-order valence-electron chi connectivity index (χ4n) is 1.41. The molecule has 0 heterocycles. The summed E-state index contributed by atoms with van der Waals surface area (Å²) in [6.07, 6.45) is 10.0. The first-order valence-corrected chi connectivity index (χ1v) is 7.79. The number of fused-ring (bicyclic) bond motifs is 1. The van der Waals surface area contributed by atoms with E-state index in [-0.39, 0.29) is 60.2 Å². The van der Waals surface area contributed by atoms with Crippen LogP contribution in [0.4, 0.5) is 0 Å². The molecule has 0 fully saturated rings. The molecular formula is C16H18Br2SiZr. The van der Waals surface area contributed by atoms with Gasteiger partial charge < -0.3 is 34.0 Å². The third-order valence-electron chi connectivity index (χ3n) is 2.13. The van der Waals surface area contributed by atoms with E-state index in [0.29, 0.717) is 0 Å². The van der Waals surface area contributed by atoms with Gasteiger partial charge in [-0.1, -0.05) is 19.2 Å². The Kier molecular flexibility index (Phi) is 22.1. The summed E-state index contributed by atoms with van der Waals surface area (Å²) in [5.74, 6) is 0. The molecule has 4 heteroatoms. The molecule has 2 radical (unpaired) electrons. The van der Waals surface area contributed by atoms with Gasteiger partial charge in [0.25, 0.3) is 0 Å². The molecule has 104 valence electrons. The van der Waals surface area contributed by atoms with Crippen LogP contribution in [0.15, 0.2) is 60.7 Å². The summed E-state index contributed by atoms with van der Waals surface area (Å²) in [7, 11) is 1.08. The predicted octanol–water partition coefficient (Wildman–Crippen LogP) is -1.34. The zero-order valence-electron chi connectivity index (χ0n) is 11.7. The second-order valence-electron chi connectivity index (χ2n) is 3.66. The topological polar surface area (TPSA) is 0 Å². The number of hydrogen-bond acceptors (Lipinski definition) is 0. The molecule has 0 unspecified atom stereocenters.